The van der Waals surface area contributed by atoms with Crippen molar-refractivity contribution in [3.63, 3.8) is 0 Å². The van der Waals surface area contributed by atoms with E-state index in [1.165, 1.54) is 4.90 Å². The minimum atomic E-state index is -0.703. The number of nitrogens with zero attached hydrogens (tertiary/aromatic N) is 3. The van der Waals surface area contributed by atoms with Gasteiger partial charge in [-0.1, -0.05) is 30.3 Å². The average Bonchev–Trinajstić information content (AvgIpc) is 3.27. The molecule has 2 amide bonds. The van der Waals surface area contributed by atoms with Gasteiger partial charge in [-0.2, -0.15) is 0 Å². The quantitative estimate of drug-likeness (QED) is 0.568. The summed E-state index contributed by atoms with van der Waals surface area (Å²) in [7, 11) is 3.71. The number of hydrogen-bond donors (Lipinski definition) is 2. The Morgan fingerprint density at radius 3 is 2.64 bits per heavy atom. The average molecular weight is 388 g/mol. The van der Waals surface area contributed by atoms with E-state index in [1.54, 1.807) is 23.5 Å². The lowest BCUT2D eigenvalue weighted by Crippen LogP contribution is -2.52. The zero-order valence-corrected chi connectivity index (χ0v) is 15.7. The van der Waals surface area contributed by atoms with Crippen LogP contribution in [0.25, 0.3) is 0 Å². The fourth-order valence-electron chi connectivity index (χ4n) is 3.46. The number of aliphatic hydroxyl groups is 1. The lowest BCUT2D eigenvalue weighted by Gasteiger charge is -2.32. The van der Waals surface area contributed by atoms with E-state index in [0.717, 1.165) is 5.56 Å². The maximum absolute atomic E-state index is 12.6. The third kappa shape index (κ3) is 3.61. The van der Waals surface area contributed by atoms with Gasteiger partial charge < -0.3 is 29.5 Å². The molecule has 2 N–H and O–H groups in total. The number of ether oxygens (including phenoxy) is 3. The molecule has 0 radical (unpaired) electrons. The molecular formula is C19H24N4O5. The van der Waals surface area contributed by atoms with Crippen LogP contribution in [0.5, 0.6) is 0 Å². The van der Waals surface area contributed by atoms with Crippen molar-refractivity contribution >= 4 is 12.4 Å². The molecule has 4 rings (SSSR count). The number of carbonyl (C=O) groups is 1. The number of nitrogens with one attached hydrogen (secondary N) is 1. The van der Waals surface area contributed by atoms with Gasteiger partial charge in [0.25, 0.3) is 0 Å². The first-order chi connectivity index (χ1) is 13.6. The van der Waals surface area contributed by atoms with Crippen molar-refractivity contribution in [2.45, 2.75) is 37.0 Å². The van der Waals surface area contributed by atoms with Crippen molar-refractivity contribution < 1.29 is 24.1 Å². The van der Waals surface area contributed by atoms with Gasteiger partial charge >= 0.3 is 6.03 Å². The van der Waals surface area contributed by atoms with Gasteiger partial charge in [0.05, 0.1) is 12.9 Å². The third-order valence-electron chi connectivity index (χ3n) is 4.77. The van der Waals surface area contributed by atoms with Gasteiger partial charge in [0, 0.05) is 25.9 Å². The lowest BCUT2D eigenvalue weighted by atomic mass is 10.1. The molecule has 2 saturated heterocycles. The molecule has 0 aromatic heterocycles. The predicted octanol–water partition coefficient (Wildman–Crippen LogP) is 0.641. The molecule has 0 aliphatic carbocycles. The van der Waals surface area contributed by atoms with Crippen LogP contribution in [0.3, 0.4) is 0 Å². The number of hydrogen-bond acceptors (Lipinski definition) is 6. The number of urea groups is 1. The van der Waals surface area contributed by atoms with Crippen LogP contribution >= 0.6 is 0 Å². The van der Waals surface area contributed by atoms with Gasteiger partial charge in [-0.3, -0.25) is 4.90 Å². The highest BCUT2D eigenvalue weighted by molar-refractivity contribution is 5.77. The van der Waals surface area contributed by atoms with Crippen LogP contribution in [0.4, 0.5) is 4.79 Å². The number of benzene rings is 1. The number of amides is 2. The summed E-state index contributed by atoms with van der Waals surface area (Å²) >= 11 is 0. The summed E-state index contributed by atoms with van der Waals surface area (Å²) in [6.07, 6.45) is 1.76. The van der Waals surface area contributed by atoms with Gasteiger partial charge in [-0.25, -0.2) is 9.79 Å². The Labute approximate surface area is 163 Å². The fraction of sp³-hybridized carbons (Fsp3) is 0.474. The Morgan fingerprint density at radius 1 is 1.21 bits per heavy atom. The first kappa shape index (κ1) is 18.9. The van der Waals surface area contributed by atoms with Crippen molar-refractivity contribution in [2.75, 3.05) is 20.7 Å². The minimum Gasteiger partial charge on any atom is -0.394 e. The molecule has 3 aliphatic heterocycles. The fourth-order valence-corrected chi connectivity index (χ4v) is 3.46. The Kier molecular flexibility index (Phi) is 5.31. The molecule has 9 nitrogen and oxygen atoms in total. The predicted molar refractivity (Wildman–Crippen MR) is 100 cm³/mol. The molecule has 150 valence electrons. The van der Waals surface area contributed by atoms with Gasteiger partial charge in [-0.05, 0) is 6.08 Å². The second-order valence-corrected chi connectivity index (χ2v) is 7.06. The van der Waals surface area contributed by atoms with E-state index in [4.69, 9.17) is 14.2 Å². The van der Waals surface area contributed by atoms with E-state index < -0.39 is 37.0 Å². The van der Waals surface area contributed by atoms with Crippen molar-refractivity contribution in [2.24, 2.45) is 4.99 Å². The van der Waals surface area contributed by atoms with Crippen LogP contribution in [0.2, 0.25) is 0 Å². The van der Waals surface area contributed by atoms with E-state index in [-0.39, 0.29) is 12.6 Å². The smallest absolute Gasteiger partial charge is 0.325 e. The summed E-state index contributed by atoms with van der Waals surface area (Å²) in [5.74, 6) is 0. The number of aliphatic hydroxyl groups excluding tert-OH is 1. The zero-order valence-electron chi connectivity index (χ0n) is 15.7. The molecule has 0 saturated carbocycles. The molecule has 1 aromatic carbocycles. The first-order valence-electron chi connectivity index (χ1n) is 9.16. The van der Waals surface area contributed by atoms with E-state index >= 15 is 0 Å². The summed E-state index contributed by atoms with van der Waals surface area (Å²) in [5, 5.41) is 12.5. The summed E-state index contributed by atoms with van der Waals surface area (Å²) in [6, 6.07) is 9.20. The Morgan fingerprint density at radius 2 is 1.96 bits per heavy atom. The van der Waals surface area contributed by atoms with Crippen LogP contribution in [0, 0.1) is 0 Å². The molecule has 2 unspecified atom stereocenters. The van der Waals surface area contributed by atoms with Crippen LogP contribution in [0.1, 0.15) is 11.9 Å². The van der Waals surface area contributed by atoms with Crippen molar-refractivity contribution in [1.82, 2.24) is 15.1 Å². The Bertz CT molecular complexity index is 756. The molecule has 9 heteroatoms. The van der Waals surface area contributed by atoms with Gasteiger partial charge in [0.1, 0.15) is 24.5 Å². The van der Waals surface area contributed by atoms with E-state index in [9.17, 15) is 9.90 Å². The zero-order chi connectivity index (χ0) is 19.7. The SMILES string of the molecule is CN(C)/C=N\C1C=CN([C@@H]2O[C@H](CO)[C@H]3OC(c4ccccc4)O[C@H]32)C(=O)N1. The number of fused-ring (bicyclic) bond motifs is 1. The van der Waals surface area contributed by atoms with E-state index in [2.05, 4.69) is 10.3 Å². The van der Waals surface area contributed by atoms with Gasteiger partial charge in [-0.15, -0.1) is 0 Å². The third-order valence-corrected chi connectivity index (χ3v) is 4.77. The van der Waals surface area contributed by atoms with Crippen molar-refractivity contribution in [1.29, 1.82) is 0 Å². The highest BCUT2D eigenvalue weighted by Crippen LogP contribution is 2.41. The topological polar surface area (TPSA) is 95.9 Å². The van der Waals surface area contributed by atoms with Crippen LogP contribution < -0.4 is 5.32 Å². The Balaban J connectivity index is 1.50. The highest BCUT2D eigenvalue weighted by Gasteiger charge is 2.55. The Hall–Kier alpha value is -2.46. The minimum absolute atomic E-state index is 0.225. The molecule has 0 spiro atoms. The normalized spacial score (nSPS) is 34.7. The molecule has 0 bridgehead atoms. The van der Waals surface area contributed by atoms with Gasteiger partial charge in [0.15, 0.2) is 12.5 Å². The molecular weight excluding hydrogens is 364 g/mol. The molecule has 3 heterocycles. The summed E-state index contributed by atoms with van der Waals surface area (Å²) in [4.78, 5) is 20.1. The highest BCUT2D eigenvalue weighted by atomic mass is 16.8. The maximum Gasteiger partial charge on any atom is 0.325 e. The second kappa shape index (κ2) is 7.88. The first-order valence-corrected chi connectivity index (χ1v) is 9.16. The van der Waals surface area contributed by atoms with Crippen LogP contribution in [-0.2, 0) is 14.2 Å². The molecule has 6 atom stereocenters. The summed E-state index contributed by atoms with van der Waals surface area (Å²) < 4.78 is 17.9. The number of aliphatic imine (C=N–C) groups is 1. The largest absolute Gasteiger partial charge is 0.394 e. The summed E-state index contributed by atoms with van der Waals surface area (Å²) in [5.41, 5.74) is 0.879. The van der Waals surface area contributed by atoms with E-state index in [1.807, 2.05) is 44.4 Å². The molecule has 28 heavy (non-hydrogen) atoms. The van der Waals surface area contributed by atoms with E-state index in [0.29, 0.717) is 0 Å². The number of carbonyl (C=O) groups excluding carboxylic acids is 1. The molecule has 2 fully saturated rings. The number of rotatable bonds is 5. The van der Waals surface area contributed by atoms with Gasteiger partial charge in [0.2, 0.25) is 0 Å². The van der Waals surface area contributed by atoms with Crippen molar-refractivity contribution in [3.05, 3.63) is 48.2 Å². The van der Waals surface area contributed by atoms with Crippen LogP contribution in [0.15, 0.2) is 47.6 Å². The van der Waals surface area contributed by atoms with Crippen LogP contribution in [-0.4, -0.2) is 78.7 Å². The van der Waals surface area contributed by atoms with Crippen molar-refractivity contribution in [3.8, 4) is 0 Å². The standard InChI is InChI=1S/C19H24N4O5/c1-22(2)11-20-14-8-9-23(19(25)21-14)17-16-15(13(10-24)26-17)27-18(28-16)12-6-4-3-5-7-12/h3-9,11,13-18,24H,10H2,1-2H3,(H,21,25)/b20-11-/t13-,14?,15-,16-,17-,18?/m1/s1. The summed E-state index contributed by atoms with van der Waals surface area (Å²) in [6.45, 7) is -0.225. The monoisotopic (exact) mass is 388 g/mol. The molecule has 3 aliphatic rings. The molecule has 1 aromatic rings. The maximum atomic E-state index is 12.6. The lowest BCUT2D eigenvalue weighted by molar-refractivity contribution is -0.157. The second-order valence-electron chi connectivity index (χ2n) is 7.06.